The van der Waals surface area contributed by atoms with Crippen LogP contribution in [-0.4, -0.2) is 21.1 Å². The van der Waals surface area contributed by atoms with Gasteiger partial charge >= 0.3 is 0 Å². The number of imidazole rings is 1. The molecule has 0 spiro atoms. The first-order chi connectivity index (χ1) is 9.88. The lowest BCUT2D eigenvalue weighted by molar-refractivity contribution is 0.554. The fourth-order valence-electron chi connectivity index (χ4n) is 3.24. The molecule has 0 fully saturated rings. The van der Waals surface area contributed by atoms with E-state index in [4.69, 9.17) is 0 Å². The van der Waals surface area contributed by atoms with Gasteiger partial charge in [0.1, 0.15) is 0 Å². The summed E-state index contributed by atoms with van der Waals surface area (Å²) in [5.74, 6) is 0. The molecule has 20 heavy (non-hydrogen) atoms. The Morgan fingerprint density at radius 1 is 1.35 bits per heavy atom. The lowest BCUT2D eigenvalue weighted by Crippen LogP contribution is -2.30. The number of nitrogens with zero attached hydrogens (tertiary/aromatic N) is 2. The maximum absolute atomic E-state index is 4.53. The van der Waals surface area contributed by atoms with E-state index in [1.165, 1.54) is 22.2 Å². The standard InChI is InChI=1S/C16H18N4/c1-2-20-9-12(11-5-3-4-6-14(11)20)15-16-13(7-8-17-15)18-10-19-16/h3-6,9-10,15,17H,2,7-8H2,1H3,(H,18,19). The van der Waals surface area contributed by atoms with Crippen molar-refractivity contribution in [3.8, 4) is 0 Å². The van der Waals surface area contributed by atoms with Crippen molar-refractivity contribution in [2.75, 3.05) is 6.54 Å². The number of aryl methyl sites for hydroxylation is 1. The SMILES string of the molecule is CCn1cc(C2NCCc3[nH]cnc32)c2ccccc21. The van der Waals surface area contributed by atoms with E-state index in [0.29, 0.717) is 0 Å². The Bertz CT molecular complexity index is 753. The van der Waals surface area contributed by atoms with Gasteiger partial charge in [-0.25, -0.2) is 4.98 Å². The third kappa shape index (κ3) is 1.61. The second-order valence-corrected chi connectivity index (χ2v) is 5.29. The van der Waals surface area contributed by atoms with Crippen molar-refractivity contribution in [3.05, 3.63) is 53.7 Å². The van der Waals surface area contributed by atoms with Crippen LogP contribution >= 0.6 is 0 Å². The van der Waals surface area contributed by atoms with Crippen molar-refractivity contribution >= 4 is 10.9 Å². The topological polar surface area (TPSA) is 45.6 Å². The Labute approximate surface area is 117 Å². The Kier molecular flexibility index (Phi) is 2.63. The number of rotatable bonds is 2. The number of hydrogen-bond donors (Lipinski definition) is 2. The molecule has 2 aromatic heterocycles. The van der Waals surface area contributed by atoms with Crippen LogP contribution in [0.4, 0.5) is 0 Å². The molecule has 0 bridgehead atoms. The van der Waals surface area contributed by atoms with E-state index in [-0.39, 0.29) is 6.04 Å². The normalized spacial score (nSPS) is 18.4. The largest absolute Gasteiger partial charge is 0.348 e. The van der Waals surface area contributed by atoms with Gasteiger partial charge in [-0.1, -0.05) is 18.2 Å². The smallest absolute Gasteiger partial charge is 0.0926 e. The highest BCUT2D eigenvalue weighted by Gasteiger charge is 2.26. The molecule has 1 aliphatic heterocycles. The van der Waals surface area contributed by atoms with E-state index < -0.39 is 0 Å². The van der Waals surface area contributed by atoms with E-state index >= 15 is 0 Å². The Balaban J connectivity index is 1.92. The summed E-state index contributed by atoms with van der Waals surface area (Å²) in [6, 6.07) is 8.81. The van der Waals surface area contributed by atoms with Gasteiger partial charge < -0.3 is 14.9 Å². The number of benzene rings is 1. The maximum atomic E-state index is 4.53. The van der Waals surface area contributed by atoms with Crippen molar-refractivity contribution in [2.45, 2.75) is 25.9 Å². The molecule has 0 saturated heterocycles. The molecule has 4 rings (SSSR count). The third-order valence-electron chi connectivity index (χ3n) is 4.22. The first-order valence-corrected chi connectivity index (χ1v) is 7.21. The zero-order valence-corrected chi connectivity index (χ0v) is 11.6. The number of hydrogen-bond acceptors (Lipinski definition) is 2. The second kappa shape index (κ2) is 4.49. The summed E-state index contributed by atoms with van der Waals surface area (Å²) < 4.78 is 2.31. The van der Waals surface area contributed by atoms with Crippen molar-refractivity contribution in [1.82, 2.24) is 19.9 Å². The first-order valence-electron chi connectivity index (χ1n) is 7.21. The molecular formula is C16H18N4. The quantitative estimate of drug-likeness (QED) is 0.749. The van der Waals surface area contributed by atoms with Gasteiger partial charge in [0, 0.05) is 47.9 Å². The molecule has 1 unspecified atom stereocenters. The van der Waals surface area contributed by atoms with Crippen LogP contribution in [0.3, 0.4) is 0 Å². The maximum Gasteiger partial charge on any atom is 0.0926 e. The molecule has 102 valence electrons. The number of para-hydroxylation sites is 1. The predicted molar refractivity (Wildman–Crippen MR) is 79.7 cm³/mol. The minimum atomic E-state index is 0.197. The van der Waals surface area contributed by atoms with Crippen molar-refractivity contribution in [2.24, 2.45) is 0 Å². The van der Waals surface area contributed by atoms with Gasteiger partial charge in [0.15, 0.2) is 0 Å². The molecule has 1 atom stereocenters. The monoisotopic (exact) mass is 266 g/mol. The minimum absolute atomic E-state index is 0.197. The lowest BCUT2D eigenvalue weighted by Gasteiger charge is -2.22. The van der Waals surface area contributed by atoms with E-state index in [1.807, 2.05) is 6.33 Å². The Morgan fingerprint density at radius 3 is 3.15 bits per heavy atom. The predicted octanol–water partition coefficient (Wildman–Crippen LogP) is 2.62. The minimum Gasteiger partial charge on any atom is -0.348 e. The average molecular weight is 266 g/mol. The van der Waals surface area contributed by atoms with Crippen LogP contribution in [0.2, 0.25) is 0 Å². The van der Waals surface area contributed by atoms with Gasteiger partial charge in [0.05, 0.1) is 18.1 Å². The molecule has 1 aromatic carbocycles. The number of fused-ring (bicyclic) bond motifs is 2. The molecule has 3 aromatic rings. The van der Waals surface area contributed by atoms with Crippen LogP contribution in [-0.2, 0) is 13.0 Å². The molecule has 0 amide bonds. The van der Waals surface area contributed by atoms with Crippen LogP contribution in [0, 0.1) is 0 Å². The summed E-state index contributed by atoms with van der Waals surface area (Å²) in [5.41, 5.74) is 5.04. The van der Waals surface area contributed by atoms with Gasteiger partial charge in [-0.2, -0.15) is 0 Å². The Hall–Kier alpha value is -2.07. The number of aromatic amines is 1. The number of nitrogens with one attached hydrogen (secondary N) is 2. The molecule has 4 nitrogen and oxygen atoms in total. The van der Waals surface area contributed by atoms with Crippen molar-refractivity contribution in [3.63, 3.8) is 0 Å². The molecule has 0 radical (unpaired) electrons. The third-order valence-corrected chi connectivity index (χ3v) is 4.22. The van der Waals surface area contributed by atoms with E-state index in [2.05, 4.69) is 57.2 Å². The Morgan fingerprint density at radius 2 is 2.25 bits per heavy atom. The van der Waals surface area contributed by atoms with Gasteiger partial charge in [-0.05, 0) is 13.0 Å². The summed E-state index contributed by atoms with van der Waals surface area (Å²) in [7, 11) is 0. The van der Waals surface area contributed by atoms with Crippen LogP contribution in [0.25, 0.3) is 10.9 Å². The van der Waals surface area contributed by atoms with Gasteiger partial charge in [-0.15, -0.1) is 0 Å². The van der Waals surface area contributed by atoms with E-state index in [1.54, 1.807) is 0 Å². The lowest BCUT2D eigenvalue weighted by atomic mass is 9.97. The molecular weight excluding hydrogens is 248 g/mol. The van der Waals surface area contributed by atoms with Crippen LogP contribution < -0.4 is 5.32 Å². The fourth-order valence-corrected chi connectivity index (χ4v) is 3.24. The summed E-state index contributed by atoms with van der Waals surface area (Å²) in [4.78, 5) is 7.80. The molecule has 0 aliphatic carbocycles. The molecule has 1 aliphatic rings. The highest BCUT2D eigenvalue weighted by atomic mass is 15.0. The highest BCUT2D eigenvalue weighted by molar-refractivity contribution is 5.85. The highest BCUT2D eigenvalue weighted by Crippen LogP contribution is 2.32. The molecule has 0 saturated carbocycles. The van der Waals surface area contributed by atoms with Gasteiger partial charge in [0.25, 0.3) is 0 Å². The van der Waals surface area contributed by atoms with Crippen molar-refractivity contribution in [1.29, 1.82) is 0 Å². The van der Waals surface area contributed by atoms with Gasteiger partial charge in [0.2, 0.25) is 0 Å². The van der Waals surface area contributed by atoms with Crippen molar-refractivity contribution < 1.29 is 0 Å². The summed E-state index contributed by atoms with van der Waals surface area (Å²) in [6.45, 7) is 4.16. The number of aromatic nitrogens is 3. The summed E-state index contributed by atoms with van der Waals surface area (Å²) in [5, 5.41) is 4.93. The second-order valence-electron chi connectivity index (χ2n) is 5.29. The zero-order valence-electron chi connectivity index (χ0n) is 11.6. The van der Waals surface area contributed by atoms with Crippen LogP contribution in [0.15, 0.2) is 36.8 Å². The zero-order chi connectivity index (χ0) is 13.5. The van der Waals surface area contributed by atoms with E-state index in [9.17, 15) is 0 Å². The van der Waals surface area contributed by atoms with Crippen LogP contribution in [0.5, 0.6) is 0 Å². The summed E-state index contributed by atoms with van der Waals surface area (Å²) in [6.07, 6.45) is 5.11. The fraction of sp³-hybridized carbons (Fsp3) is 0.312. The van der Waals surface area contributed by atoms with Crippen LogP contribution in [0.1, 0.15) is 29.9 Å². The van der Waals surface area contributed by atoms with E-state index in [0.717, 1.165) is 25.2 Å². The molecule has 3 heterocycles. The molecule has 2 N–H and O–H groups in total. The summed E-state index contributed by atoms with van der Waals surface area (Å²) >= 11 is 0. The average Bonchev–Trinajstić information content (AvgIpc) is 3.11. The molecule has 4 heteroatoms. The number of H-pyrrole nitrogens is 1. The first kappa shape index (κ1) is 11.7. The van der Waals surface area contributed by atoms with Gasteiger partial charge in [-0.3, -0.25) is 0 Å².